The van der Waals surface area contributed by atoms with Gasteiger partial charge >= 0.3 is 0 Å². The van der Waals surface area contributed by atoms with Crippen LogP contribution in [0.3, 0.4) is 0 Å². The fraction of sp³-hybridized carbons (Fsp3) is 0.211. The lowest BCUT2D eigenvalue weighted by Gasteiger charge is -2.21. The van der Waals surface area contributed by atoms with Crippen molar-refractivity contribution in [2.45, 2.75) is 52.4 Å². The van der Waals surface area contributed by atoms with Gasteiger partial charge in [0.15, 0.2) is 0 Å². The van der Waals surface area contributed by atoms with Gasteiger partial charge in [-0.25, -0.2) is 0 Å². The zero-order chi connectivity index (χ0) is 27.1. The second-order valence-corrected chi connectivity index (χ2v) is 11.2. The number of nitrogens with zero attached hydrogens (tertiary/aromatic N) is 2. The number of hydrogen-bond donors (Lipinski definition) is 0. The van der Waals surface area contributed by atoms with Crippen molar-refractivity contribution in [3.63, 3.8) is 0 Å². The highest BCUT2D eigenvalue weighted by Gasteiger charge is 2.15. The summed E-state index contributed by atoms with van der Waals surface area (Å²) in [7, 11) is 0. The standard InChI is InChI=1S/C38H36N2/c1-3-5-7-27-9-17-31(18-10-27)39-33-21-23-34(24-22-33)40(32-19-11-28(12-20-32)8-6-4-2)36-26-25-35(39)37-29-13-15-30(16-14-29)38(36)37/h9-26H,3-8H2,1-2H3. The Morgan fingerprint density at radius 3 is 1.15 bits per heavy atom. The summed E-state index contributed by atoms with van der Waals surface area (Å²) in [6.07, 6.45) is 7.17. The second kappa shape index (κ2) is 10.4. The van der Waals surface area contributed by atoms with Crippen LogP contribution in [0, 0.1) is 0 Å². The van der Waals surface area contributed by atoms with Gasteiger partial charge in [0.1, 0.15) is 0 Å². The van der Waals surface area contributed by atoms with Crippen molar-refractivity contribution in [1.29, 1.82) is 0 Å². The second-order valence-electron chi connectivity index (χ2n) is 11.2. The van der Waals surface area contributed by atoms with Crippen molar-refractivity contribution < 1.29 is 0 Å². The Labute approximate surface area is 236 Å². The van der Waals surface area contributed by atoms with Gasteiger partial charge in [-0.15, -0.1) is 0 Å². The molecule has 11 rings (SSSR count). The van der Waals surface area contributed by atoms with Crippen LogP contribution in [0.25, 0.3) is 55.0 Å². The van der Waals surface area contributed by atoms with Crippen LogP contribution in [0.4, 0.5) is 0 Å². The molecule has 0 aliphatic heterocycles. The molecule has 0 amide bonds. The van der Waals surface area contributed by atoms with E-state index in [9.17, 15) is 0 Å². The monoisotopic (exact) mass is 520 g/mol. The smallest absolute Gasteiger partial charge is 0.0547 e. The minimum absolute atomic E-state index is 1.14. The molecule has 198 valence electrons. The number of rotatable bonds is 8. The fourth-order valence-corrected chi connectivity index (χ4v) is 6.33. The van der Waals surface area contributed by atoms with Gasteiger partial charge in [0, 0.05) is 33.2 Å². The zero-order valence-corrected chi connectivity index (χ0v) is 23.5. The molecular weight excluding hydrogens is 484 g/mol. The van der Waals surface area contributed by atoms with E-state index in [4.69, 9.17) is 0 Å². The first kappa shape index (κ1) is 24.7. The van der Waals surface area contributed by atoms with Crippen molar-refractivity contribution in [2.24, 2.45) is 0 Å². The average Bonchev–Trinajstić information content (AvgIpc) is 3.03. The maximum atomic E-state index is 2.43. The number of aryl methyl sites for hydroxylation is 2. The van der Waals surface area contributed by atoms with Crippen LogP contribution in [0.15, 0.2) is 109 Å². The molecule has 40 heavy (non-hydrogen) atoms. The van der Waals surface area contributed by atoms with Crippen molar-refractivity contribution in [1.82, 2.24) is 9.13 Å². The summed E-state index contributed by atoms with van der Waals surface area (Å²) >= 11 is 0. The molecule has 6 bridgehead atoms. The molecule has 0 radical (unpaired) electrons. The molecule has 0 aliphatic rings. The lowest BCUT2D eigenvalue weighted by atomic mass is 9.96. The Balaban J connectivity index is 1.54. The van der Waals surface area contributed by atoms with Gasteiger partial charge in [0.05, 0.1) is 11.0 Å². The van der Waals surface area contributed by atoms with Gasteiger partial charge in [-0.1, -0.05) is 75.2 Å². The van der Waals surface area contributed by atoms with Gasteiger partial charge in [0.2, 0.25) is 0 Å². The van der Waals surface area contributed by atoms with E-state index in [1.54, 1.807) is 0 Å². The molecule has 2 nitrogen and oxygen atoms in total. The lowest BCUT2D eigenvalue weighted by molar-refractivity contribution is 0.795. The van der Waals surface area contributed by atoms with E-state index in [2.05, 4.69) is 132 Å². The molecule has 4 aromatic heterocycles. The summed E-state index contributed by atoms with van der Waals surface area (Å²) in [5.74, 6) is 0. The highest BCUT2D eigenvalue weighted by atomic mass is 15.0. The van der Waals surface area contributed by atoms with E-state index in [1.807, 2.05) is 0 Å². The zero-order valence-electron chi connectivity index (χ0n) is 23.5. The number of fused-ring (bicyclic) bond motifs is 2. The molecule has 11 aromatic rings. The van der Waals surface area contributed by atoms with Crippen LogP contribution in [0.2, 0.25) is 0 Å². The Kier molecular flexibility index (Phi) is 6.40. The van der Waals surface area contributed by atoms with E-state index in [-0.39, 0.29) is 0 Å². The topological polar surface area (TPSA) is 9.86 Å². The summed E-state index contributed by atoms with van der Waals surface area (Å²) in [5.41, 5.74) is 10.0. The summed E-state index contributed by atoms with van der Waals surface area (Å²) in [6.45, 7) is 4.51. The molecule has 0 unspecified atom stereocenters. The minimum atomic E-state index is 1.14. The van der Waals surface area contributed by atoms with Crippen molar-refractivity contribution >= 4 is 43.6 Å². The maximum absolute atomic E-state index is 2.43. The van der Waals surface area contributed by atoms with Crippen LogP contribution < -0.4 is 0 Å². The third-order valence-corrected chi connectivity index (χ3v) is 8.50. The SMILES string of the molecule is CCCCc1ccc(-n2c3ccc(cc3)n(-c3ccc(CCCC)cc3)c3ccc2c2c4ccc(cc4)c23)cc1. The van der Waals surface area contributed by atoms with Gasteiger partial charge in [-0.3, -0.25) is 0 Å². The number of hydrogen-bond acceptors (Lipinski definition) is 0. The quantitative estimate of drug-likeness (QED) is 0.189. The summed E-state index contributed by atoms with van der Waals surface area (Å²) in [5, 5.41) is 5.19. The largest absolute Gasteiger partial charge is 0.310 e. The van der Waals surface area contributed by atoms with E-state index < -0.39 is 0 Å². The molecule has 0 saturated heterocycles. The van der Waals surface area contributed by atoms with Crippen LogP contribution in [0.1, 0.15) is 50.7 Å². The Morgan fingerprint density at radius 2 is 0.800 bits per heavy atom. The van der Waals surface area contributed by atoms with Crippen molar-refractivity contribution in [3.8, 4) is 11.4 Å². The van der Waals surface area contributed by atoms with Crippen molar-refractivity contribution in [3.05, 3.63) is 120 Å². The molecule has 0 atom stereocenters. The van der Waals surface area contributed by atoms with Crippen LogP contribution in [-0.2, 0) is 12.8 Å². The lowest BCUT2D eigenvalue weighted by Crippen LogP contribution is -2.03. The molecular formula is C38H36N2. The van der Waals surface area contributed by atoms with E-state index in [0.717, 1.165) is 12.8 Å². The van der Waals surface area contributed by atoms with E-state index >= 15 is 0 Å². The average molecular weight is 521 g/mol. The normalized spacial score (nSPS) is 11.8. The molecule has 0 aliphatic carbocycles. The Morgan fingerprint density at radius 1 is 0.425 bits per heavy atom. The summed E-state index contributed by atoms with van der Waals surface area (Å²) in [6, 6.07) is 41.2. The molecule has 0 fully saturated rings. The summed E-state index contributed by atoms with van der Waals surface area (Å²) in [4.78, 5) is 0. The molecule has 2 heteroatoms. The van der Waals surface area contributed by atoms with Gasteiger partial charge < -0.3 is 9.13 Å². The molecule has 0 spiro atoms. The fourth-order valence-electron chi connectivity index (χ4n) is 6.33. The first-order valence-electron chi connectivity index (χ1n) is 14.9. The first-order chi connectivity index (χ1) is 19.7. The minimum Gasteiger partial charge on any atom is -0.310 e. The Hall–Kier alpha value is -4.30. The van der Waals surface area contributed by atoms with Crippen LogP contribution in [-0.4, -0.2) is 9.13 Å². The van der Waals surface area contributed by atoms with E-state index in [0.29, 0.717) is 0 Å². The molecule has 4 heterocycles. The molecule has 7 aromatic carbocycles. The number of benzene rings is 7. The third-order valence-electron chi connectivity index (χ3n) is 8.50. The summed E-state index contributed by atoms with van der Waals surface area (Å²) < 4.78 is 4.87. The molecule has 0 saturated carbocycles. The Bertz CT molecular complexity index is 1770. The highest BCUT2D eigenvalue weighted by Crippen LogP contribution is 2.37. The first-order valence-corrected chi connectivity index (χ1v) is 14.9. The van der Waals surface area contributed by atoms with E-state index in [1.165, 1.54) is 91.8 Å². The number of unbranched alkanes of at least 4 members (excludes halogenated alkanes) is 2. The van der Waals surface area contributed by atoms with Crippen LogP contribution >= 0.6 is 0 Å². The predicted octanol–water partition coefficient (Wildman–Crippen LogP) is 10.6. The number of aromatic nitrogens is 2. The maximum Gasteiger partial charge on any atom is 0.0547 e. The van der Waals surface area contributed by atoms with Gasteiger partial charge in [-0.05, 0) is 108 Å². The van der Waals surface area contributed by atoms with Crippen LogP contribution in [0.5, 0.6) is 0 Å². The highest BCUT2D eigenvalue weighted by molar-refractivity contribution is 6.23. The molecule has 0 N–H and O–H groups in total. The van der Waals surface area contributed by atoms with Gasteiger partial charge in [0.25, 0.3) is 0 Å². The predicted molar refractivity (Wildman–Crippen MR) is 172 cm³/mol. The van der Waals surface area contributed by atoms with Gasteiger partial charge in [-0.2, -0.15) is 0 Å². The van der Waals surface area contributed by atoms with Crippen molar-refractivity contribution in [2.75, 3.05) is 0 Å². The third kappa shape index (κ3) is 4.19.